The number of benzene rings is 2. The van der Waals surface area contributed by atoms with Crippen molar-refractivity contribution in [2.24, 2.45) is 0 Å². The number of anilines is 2. The van der Waals surface area contributed by atoms with E-state index >= 15 is 0 Å². The van der Waals surface area contributed by atoms with Crippen LogP contribution in [0.4, 0.5) is 21.0 Å². The molecule has 0 bridgehead atoms. The van der Waals surface area contributed by atoms with Gasteiger partial charge in [-0.05, 0) is 89.2 Å². The highest BCUT2D eigenvalue weighted by Gasteiger charge is 2.51. The highest BCUT2D eigenvalue weighted by atomic mass is 79.9. The summed E-state index contributed by atoms with van der Waals surface area (Å²) in [5, 5.41) is 5.74. The number of halogens is 1. The molecule has 2 aromatic carbocycles. The summed E-state index contributed by atoms with van der Waals surface area (Å²) in [6, 6.07) is 17.1. The van der Waals surface area contributed by atoms with E-state index in [2.05, 4.69) is 110 Å². The van der Waals surface area contributed by atoms with E-state index in [0.717, 1.165) is 67.5 Å². The Bertz CT molecular complexity index is 1250. The number of piperidine rings is 2. The molecule has 44 heavy (non-hydrogen) atoms. The summed E-state index contributed by atoms with van der Waals surface area (Å²) in [7, 11) is 2.44. The normalized spacial score (nSPS) is 19.9. The van der Waals surface area contributed by atoms with E-state index in [1.165, 1.54) is 19.9 Å². The van der Waals surface area contributed by atoms with Gasteiger partial charge in [0.2, 0.25) is 0 Å². The van der Waals surface area contributed by atoms with E-state index in [0.29, 0.717) is 0 Å². The number of nitrogens with zero attached hydrogens (tertiary/aromatic N) is 2. The molecule has 12 heteroatoms. The third-order valence-electron chi connectivity index (χ3n) is 8.94. The minimum Gasteiger partial charge on any atom is -0.453 e. The molecule has 0 unspecified atom stereocenters. The zero-order valence-corrected chi connectivity index (χ0v) is 28.3. The molecule has 3 heterocycles. The Morgan fingerprint density at radius 2 is 1.20 bits per heavy atom. The summed E-state index contributed by atoms with van der Waals surface area (Å²) in [4.78, 5) is 27.1. The molecule has 2 aromatic rings. The van der Waals surface area contributed by atoms with Crippen molar-refractivity contribution in [1.29, 1.82) is 0 Å². The molecule has 2 N–H and O–H groups in total. The summed E-state index contributed by atoms with van der Waals surface area (Å²) in [6.45, 7) is 11.9. The number of methoxy groups -OCH3 is 2. The summed E-state index contributed by atoms with van der Waals surface area (Å²) < 4.78 is 22.7. The summed E-state index contributed by atoms with van der Waals surface area (Å²) in [5.74, 6) is 0. The van der Waals surface area contributed by atoms with Crippen LogP contribution in [0.3, 0.4) is 0 Å². The van der Waals surface area contributed by atoms with Crippen LogP contribution in [0.1, 0.15) is 53.4 Å². The van der Waals surface area contributed by atoms with Gasteiger partial charge >= 0.3 is 19.3 Å². The van der Waals surface area contributed by atoms with Gasteiger partial charge in [-0.15, -0.1) is 0 Å². The van der Waals surface area contributed by atoms with Crippen molar-refractivity contribution in [1.82, 2.24) is 10.6 Å². The van der Waals surface area contributed by atoms with Gasteiger partial charge in [0.05, 0.1) is 25.4 Å². The molecule has 0 atom stereocenters. The van der Waals surface area contributed by atoms with Crippen LogP contribution < -0.4 is 25.9 Å². The van der Waals surface area contributed by atoms with E-state index in [4.69, 9.17) is 9.31 Å². The van der Waals surface area contributed by atoms with Crippen molar-refractivity contribution in [3.05, 3.63) is 53.0 Å². The van der Waals surface area contributed by atoms with Gasteiger partial charge in [-0.25, -0.2) is 9.59 Å². The maximum atomic E-state index is 11.4. The molecule has 0 spiro atoms. The van der Waals surface area contributed by atoms with Crippen LogP contribution in [0.5, 0.6) is 0 Å². The average Bonchev–Trinajstić information content (AvgIpc) is 3.24. The van der Waals surface area contributed by atoms with Crippen LogP contribution in [0, 0.1) is 0 Å². The van der Waals surface area contributed by atoms with Gasteiger partial charge in [0, 0.05) is 54.1 Å². The number of ether oxygens (including phenoxy) is 2. The number of hydrogen-bond acceptors (Lipinski definition) is 8. The molecule has 3 fully saturated rings. The predicted octanol–water partition coefficient (Wildman–Crippen LogP) is 5.08. The second-order valence-electron chi connectivity index (χ2n) is 12.5. The Hall–Kier alpha value is -2.96. The topological polar surface area (TPSA) is 102 Å². The Balaban J connectivity index is 0.000000215. The number of carbonyl (C=O) groups is 2. The molecular weight excluding hydrogens is 627 g/mol. The highest BCUT2D eigenvalue weighted by molar-refractivity contribution is 9.10. The van der Waals surface area contributed by atoms with E-state index in [1.807, 2.05) is 12.1 Å². The lowest BCUT2D eigenvalue weighted by molar-refractivity contribution is 0.00578. The molecule has 3 aliphatic heterocycles. The average molecular weight is 673 g/mol. The fourth-order valence-corrected chi connectivity index (χ4v) is 5.92. The molecule has 0 radical (unpaired) electrons. The number of nitrogens with one attached hydrogen (secondary N) is 2. The van der Waals surface area contributed by atoms with Gasteiger partial charge in [0.25, 0.3) is 0 Å². The first-order valence-electron chi connectivity index (χ1n) is 15.3. The lowest BCUT2D eigenvalue weighted by Gasteiger charge is -2.34. The first-order valence-corrected chi connectivity index (χ1v) is 16.1. The molecule has 0 aromatic heterocycles. The lowest BCUT2D eigenvalue weighted by atomic mass is 9.79. The van der Waals surface area contributed by atoms with Crippen molar-refractivity contribution in [2.75, 3.05) is 50.2 Å². The number of hydrogen-bond donors (Lipinski definition) is 2. The largest absolute Gasteiger partial charge is 0.494 e. The molecule has 240 valence electrons. The fourth-order valence-electron chi connectivity index (χ4n) is 5.54. The van der Waals surface area contributed by atoms with Crippen molar-refractivity contribution in [2.45, 2.75) is 76.7 Å². The molecule has 0 saturated carbocycles. The van der Waals surface area contributed by atoms with Crippen LogP contribution in [0.2, 0.25) is 0 Å². The van der Waals surface area contributed by atoms with Crippen LogP contribution in [0.25, 0.3) is 0 Å². The molecule has 2 amide bonds. The first kappa shape index (κ1) is 33.9. The molecule has 3 aliphatic rings. The second-order valence-corrected chi connectivity index (χ2v) is 13.4. The Morgan fingerprint density at radius 3 is 1.64 bits per heavy atom. The Labute approximate surface area is 270 Å². The maximum Gasteiger partial charge on any atom is 0.494 e. The van der Waals surface area contributed by atoms with Gasteiger partial charge < -0.3 is 39.2 Å². The molecule has 0 aliphatic carbocycles. The Morgan fingerprint density at radius 1 is 0.773 bits per heavy atom. The minimum atomic E-state index is -0.355. The summed E-state index contributed by atoms with van der Waals surface area (Å²) in [6.07, 6.45) is 3.00. The van der Waals surface area contributed by atoms with Crippen molar-refractivity contribution >= 4 is 52.1 Å². The van der Waals surface area contributed by atoms with E-state index in [9.17, 15) is 9.59 Å². The smallest absolute Gasteiger partial charge is 0.453 e. The van der Waals surface area contributed by atoms with Crippen molar-refractivity contribution in [3.63, 3.8) is 0 Å². The quantitative estimate of drug-likeness (QED) is 0.424. The van der Waals surface area contributed by atoms with Crippen LogP contribution in [-0.4, -0.2) is 83.0 Å². The zero-order valence-electron chi connectivity index (χ0n) is 26.7. The zero-order chi connectivity index (χ0) is 31.9. The van der Waals surface area contributed by atoms with Gasteiger partial charge in [-0.2, -0.15) is 0 Å². The lowest BCUT2D eigenvalue weighted by Crippen LogP contribution is -2.45. The van der Waals surface area contributed by atoms with Crippen LogP contribution in [-0.2, 0) is 18.8 Å². The second kappa shape index (κ2) is 14.9. The minimum absolute atomic E-state index is 0.171. The SMILES string of the molecule is COC(=O)NC1CCN(c2cccc(B3OC(C)(C)C(C)(C)O3)c2)CC1.COC(=O)NC1CCN(c2cccc(Br)c2)CC1. The molecule has 10 nitrogen and oxygen atoms in total. The molecule has 3 saturated heterocycles. The standard InChI is InChI=1S/C19H29BN2O4.C13H17BrN2O2/c1-18(2)19(3,4)26-20(25-18)14-7-6-8-16(13-14)22-11-9-15(10-12-22)21-17(23)24-5;1-18-13(17)15-11-5-7-16(8-6-11)12-4-2-3-10(14)9-12/h6-8,13,15H,9-12H2,1-5H3,(H,21,23);2-4,9,11H,5-8H2,1H3,(H,15,17). The third-order valence-corrected chi connectivity index (χ3v) is 9.43. The molecular formula is C32H46BBrN4O6. The third kappa shape index (κ3) is 8.82. The van der Waals surface area contributed by atoms with Crippen LogP contribution in [0.15, 0.2) is 53.0 Å². The molecule has 5 rings (SSSR count). The Kier molecular flexibility index (Phi) is 11.5. The summed E-state index contributed by atoms with van der Waals surface area (Å²) in [5.41, 5.74) is 2.74. The fraction of sp³-hybridized carbons (Fsp3) is 0.562. The van der Waals surface area contributed by atoms with E-state index in [1.54, 1.807) is 0 Å². The number of carbonyl (C=O) groups excluding carboxylic acids is 2. The van der Waals surface area contributed by atoms with Crippen molar-refractivity contribution < 1.29 is 28.4 Å². The maximum absolute atomic E-state index is 11.4. The van der Waals surface area contributed by atoms with Gasteiger partial charge in [0.1, 0.15) is 0 Å². The number of amides is 2. The number of rotatable bonds is 5. The first-order chi connectivity index (χ1) is 20.9. The van der Waals surface area contributed by atoms with Crippen molar-refractivity contribution in [3.8, 4) is 0 Å². The van der Waals surface area contributed by atoms with Crippen LogP contribution >= 0.6 is 15.9 Å². The predicted molar refractivity (Wildman–Crippen MR) is 178 cm³/mol. The monoisotopic (exact) mass is 672 g/mol. The van der Waals surface area contributed by atoms with Gasteiger partial charge in [0.15, 0.2) is 0 Å². The van der Waals surface area contributed by atoms with E-state index in [-0.39, 0.29) is 42.6 Å². The number of alkyl carbamates (subject to hydrolysis) is 2. The van der Waals surface area contributed by atoms with Gasteiger partial charge in [-0.1, -0.05) is 34.1 Å². The van der Waals surface area contributed by atoms with Gasteiger partial charge in [-0.3, -0.25) is 0 Å². The summed E-state index contributed by atoms with van der Waals surface area (Å²) >= 11 is 3.48. The van der Waals surface area contributed by atoms with E-state index < -0.39 is 0 Å². The highest BCUT2D eigenvalue weighted by Crippen LogP contribution is 2.36.